The van der Waals surface area contributed by atoms with Crippen LogP contribution in [0.5, 0.6) is 0 Å². The third kappa shape index (κ3) is 4.35. The molecule has 150 valence electrons. The van der Waals surface area contributed by atoms with Gasteiger partial charge in [0.1, 0.15) is 11.6 Å². The highest BCUT2D eigenvalue weighted by molar-refractivity contribution is 5.76. The molecular formula is C20H34N6O. The zero-order chi connectivity index (χ0) is 18.8. The first-order valence-corrected chi connectivity index (χ1v) is 10.7. The fourth-order valence-corrected chi connectivity index (χ4v) is 4.53. The Kier molecular flexibility index (Phi) is 5.78. The zero-order valence-corrected chi connectivity index (χ0v) is 16.9. The number of hydrogen-bond acceptors (Lipinski definition) is 5. The minimum Gasteiger partial charge on any atom is -0.343 e. The molecule has 0 spiro atoms. The third-order valence-electron chi connectivity index (χ3n) is 6.86. The Morgan fingerprint density at radius 3 is 2.30 bits per heavy atom. The van der Waals surface area contributed by atoms with E-state index < -0.39 is 0 Å². The van der Waals surface area contributed by atoms with Gasteiger partial charge in [0, 0.05) is 58.7 Å². The van der Waals surface area contributed by atoms with Crippen molar-refractivity contribution in [3.63, 3.8) is 0 Å². The molecule has 3 heterocycles. The third-order valence-corrected chi connectivity index (χ3v) is 6.86. The highest BCUT2D eigenvalue weighted by Gasteiger charge is 2.29. The van der Waals surface area contributed by atoms with Crippen molar-refractivity contribution in [1.82, 2.24) is 29.5 Å². The fourth-order valence-electron chi connectivity index (χ4n) is 4.53. The molecule has 7 heteroatoms. The van der Waals surface area contributed by atoms with E-state index in [0.29, 0.717) is 17.7 Å². The van der Waals surface area contributed by atoms with Crippen LogP contribution in [0, 0.1) is 5.92 Å². The summed E-state index contributed by atoms with van der Waals surface area (Å²) in [5, 5.41) is 9.03. The normalized spacial score (nSPS) is 23.6. The van der Waals surface area contributed by atoms with Crippen molar-refractivity contribution in [2.45, 2.75) is 51.0 Å². The summed E-state index contributed by atoms with van der Waals surface area (Å²) in [6.45, 7) is 7.07. The maximum atomic E-state index is 12.4. The van der Waals surface area contributed by atoms with Crippen molar-refractivity contribution in [3.8, 4) is 0 Å². The molecule has 2 saturated heterocycles. The minimum absolute atomic E-state index is 0.367. The van der Waals surface area contributed by atoms with E-state index in [9.17, 15) is 4.79 Å². The topological polar surface area (TPSA) is 57.5 Å². The molecule has 4 rings (SSSR count). The highest BCUT2D eigenvalue weighted by Crippen LogP contribution is 2.32. The lowest BCUT2D eigenvalue weighted by atomic mass is 9.82. The van der Waals surface area contributed by atoms with Crippen LogP contribution in [0.15, 0.2) is 0 Å². The number of hydrogen-bond donors (Lipinski definition) is 0. The van der Waals surface area contributed by atoms with Crippen LogP contribution < -0.4 is 0 Å². The molecule has 1 aromatic heterocycles. The maximum Gasteiger partial charge on any atom is 0.222 e. The first kappa shape index (κ1) is 18.9. The van der Waals surface area contributed by atoms with E-state index in [1.165, 1.54) is 19.3 Å². The van der Waals surface area contributed by atoms with Gasteiger partial charge in [-0.3, -0.25) is 9.69 Å². The highest BCUT2D eigenvalue weighted by atomic mass is 16.2. The number of aromatic nitrogens is 3. The van der Waals surface area contributed by atoms with Gasteiger partial charge in [-0.25, -0.2) is 0 Å². The van der Waals surface area contributed by atoms with Crippen molar-refractivity contribution in [3.05, 3.63) is 11.6 Å². The van der Waals surface area contributed by atoms with Gasteiger partial charge in [0.25, 0.3) is 0 Å². The van der Waals surface area contributed by atoms with Crippen molar-refractivity contribution < 1.29 is 4.79 Å². The van der Waals surface area contributed by atoms with Gasteiger partial charge in [0.05, 0.1) is 6.54 Å². The lowest BCUT2D eigenvalue weighted by Gasteiger charge is -2.34. The quantitative estimate of drug-likeness (QED) is 0.781. The summed E-state index contributed by atoms with van der Waals surface area (Å²) in [5.41, 5.74) is 0. The summed E-state index contributed by atoms with van der Waals surface area (Å²) >= 11 is 0. The van der Waals surface area contributed by atoms with Gasteiger partial charge < -0.3 is 14.4 Å². The molecule has 27 heavy (non-hydrogen) atoms. The van der Waals surface area contributed by atoms with E-state index >= 15 is 0 Å². The molecule has 1 aromatic rings. The monoisotopic (exact) mass is 374 g/mol. The SMILES string of the molecule is CN1CCN(Cc2nnc(C3CCN(C(=O)CC4CCC4)CC3)n2C)CC1. The number of carbonyl (C=O) groups excluding carboxylic acids is 1. The first-order valence-electron chi connectivity index (χ1n) is 10.7. The molecule has 0 bridgehead atoms. The number of amides is 1. The maximum absolute atomic E-state index is 12.4. The van der Waals surface area contributed by atoms with Crippen LogP contribution in [0.4, 0.5) is 0 Å². The second kappa shape index (κ2) is 8.27. The molecular weight excluding hydrogens is 340 g/mol. The van der Waals surface area contributed by atoms with Gasteiger partial charge in [-0.2, -0.15) is 0 Å². The molecule has 2 aliphatic heterocycles. The number of piperidine rings is 1. The molecule has 0 atom stereocenters. The summed E-state index contributed by atoms with van der Waals surface area (Å²) in [4.78, 5) is 19.4. The average Bonchev–Trinajstić information content (AvgIpc) is 3.00. The largest absolute Gasteiger partial charge is 0.343 e. The van der Waals surface area contributed by atoms with Gasteiger partial charge in [-0.15, -0.1) is 10.2 Å². The summed E-state index contributed by atoms with van der Waals surface area (Å²) < 4.78 is 2.20. The van der Waals surface area contributed by atoms with E-state index in [4.69, 9.17) is 0 Å². The Bertz CT molecular complexity index is 639. The number of piperazine rings is 1. The number of likely N-dealkylation sites (N-methyl/N-ethyl adjacent to an activating group) is 1. The van der Waals surface area contributed by atoms with E-state index in [0.717, 1.165) is 76.7 Å². The van der Waals surface area contributed by atoms with Crippen LogP contribution in [0.2, 0.25) is 0 Å². The minimum atomic E-state index is 0.367. The van der Waals surface area contributed by atoms with Crippen molar-refractivity contribution in [2.24, 2.45) is 13.0 Å². The van der Waals surface area contributed by atoms with E-state index in [-0.39, 0.29) is 0 Å². The van der Waals surface area contributed by atoms with E-state index in [2.05, 4.69) is 43.6 Å². The van der Waals surface area contributed by atoms with Crippen LogP contribution in [0.1, 0.15) is 56.1 Å². The van der Waals surface area contributed by atoms with Gasteiger partial charge >= 0.3 is 0 Å². The molecule has 0 N–H and O–H groups in total. The Morgan fingerprint density at radius 2 is 1.67 bits per heavy atom. The molecule has 1 amide bonds. The molecule has 0 aromatic carbocycles. The molecule has 0 radical (unpaired) electrons. The second-order valence-corrected chi connectivity index (χ2v) is 8.77. The van der Waals surface area contributed by atoms with Crippen LogP contribution >= 0.6 is 0 Å². The first-order chi connectivity index (χ1) is 13.1. The van der Waals surface area contributed by atoms with Gasteiger partial charge in [0.2, 0.25) is 5.91 Å². The standard InChI is InChI=1S/C20H34N6O/c1-23-10-12-25(13-11-23)15-18-21-22-20(24(18)2)17-6-8-26(9-7-17)19(27)14-16-4-3-5-16/h16-17H,3-15H2,1-2H3. The van der Waals surface area contributed by atoms with Gasteiger partial charge in [0.15, 0.2) is 0 Å². The summed E-state index contributed by atoms with van der Waals surface area (Å²) in [6, 6.07) is 0. The zero-order valence-electron chi connectivity index (χ0n) is 16.9. The fraction of sp³-hybridized carbons (Fsp3) is 0.850. The van der Waals surface area contributed by atoms with Crippen LogP contribution in [0.3, 0.4) is 0 Å². The van der Waals surface area contributed by atoms with Crippen LogP contribution in [-0.4, -0.2) is 81.7 Å². The Balaban J connectivity index is 1.29. The van der Waals surface area contributed by atoms with Crippen LogP contribution in [-0.2, 0) is 18.4 Å². The predicted octanol–water partition coefficient (Wildman–Crippen LogP) is 1.46. The van der Waals surface area contributed by atoms with Crippen molar-refractivity contribution >= 4 is 5.91 Å². The molecule has 0 unspecified atom stereocenters. The van der Waals surface area contributed by atoms with E-state index in [1.807, 2.05) is 0 Å². The summed E-state index contributed by atoms with van der Waals surface area (Å²) in [7, 11) is 4.29. The smallest absolute Gasteiger partial charge is 0.222 e. The van der Waals surface area contributed by atoms with Gasteiger partial charge in [-0.1, -0.05) is 6.42 Å². The number of likely N-dealkylation sites (tertiary alicyclic amines) is 1. The Hall–Kier alpha value is -1.47. The van der Waals surface area contributed by atoms with Crippen LogP contribution in [0.25, 0.3) is 0 Å². The number of carbonyl (C=O) groups is 1. The molecule has 3 aliphatic rings. The molecule has 1 aliphatic carbocycles. The Morgan fingerprint density at radius 1 is 0.963 bits per heavy atom. The van der Waals surface area contributed by atoms with E-state index in [1.54, 1.807) is 0 Å². The van der Waals surface area contributed by atoms with Crippen molar-refractivity contribution in [2.75, 3.05) is 46.3 Å². The Labute approximate surface area is 162 Å². The van der Waals surface area contributed by atoms with Gasteiger partial charge in [-0.05, 0) is 38.6 Å². The second-order valence-electron chi connectivity index (χ2n) is 8.77. The lowest BCUT2D eigenvalue weighted by Crippen LogP contribution is -2.44. The van der Waals surface area contributed by atoms with Crippen molar-refractivity contribution in [1.29, 1.82) is 0 Å². The number of rotatable bonds is 5. The molecule has 3 fully saturated rings. The predicted molar refractivity (Wildman–Crippen MR) is 104 cm³/mol. The average molecular weight is 375 g/mol. The lowest BCUT2D eigenvalue weighted by molar-refractivity contribution is -0.133. The molecule has 7 nitrogen and oxygen atoms in total. The molecule has 1 saturated carbocycles. The number of nitrogens with zero attached hydrogens (tertiary/aromatic N) is 6. The summed E-state index contributed by atoms with van der Waals surface area (Å²) in [6.07, 6.45) is 6.59. The summed E-state index contributed by atoms with van der Waals surface area (Å²) in [5.74, 6) is 3.62.